The van der Waals surface area contributed by atoms with Crippen LogP contribution in [0.15, 0.2) is 35.4 Å². The second-order valence-corrected chi connectivity index (χ2v) is 5.39. The largest absolute Gasteiger partial charge is 0.378 e. The molecule has 0 unspecified atom stereocenters. The molecule has 5 nitrogen and oxygen atoms in total. The molecule has 6 heteroatoms. The first kappa shape index (κ1) is 11.9. The van der Waals surface area contributed by atoms with E-state index >= 15 is 0 Å². The van der Waals surface area contributed by atoms with Gasteiger partial charge in [-0.15, -0.1) is 10.2 Å². The second-order valence-electron chi connectivity index (χ2n) is 4.39. The molecule has 0 atom stereocenters. The lowest BCUT2D eigenvalue weighted by Crippen LogP contribution is -2.22. The number of nitrogens with zero attached hydrogens (tertiary/aromatic N) is 4. The molecule has 0 aliphatic heterocycles. The van der Waals surface area contributed by atoms with E-state index in [0.717, 1.165) is 11.3 Å². The fourth-order valence-electron chi connectivity index (χ4n) is 1.81. The van der Waals surface area contributed by atoms with E-state index in [4.69, 9.17) is 0 Å². The molecular formula is C13H12N4OS. The summed E-state index contributed by atoms with van der Waals surface area (Å²) in [7, 11) is 3.99. The Hall–Kier alpha value is -2.21. The molecule has 3 aromatic rings. The van der Waals surface area contributed by atoms with Crippen LogP contribution in [0.3, 0.4) is 0 Å². The van der Waals surface area contributed by atoms with E-state index in [0.29, 0.717) is 9.49 Å². The van der Waals surface area contributed by atoms with Crippen molar-refractivity contribution in [3.63, 3.8) is 0 Å². The Balaban J connectivity index is 2.07. The van der Waals surface area contributed by atoms with Gasteiger partial charge in [0, 0.05) is 19.8 Å². The third-order valence-corrected chi connectivity index (χ3v) is 3.83. The highest BCUT2D eigenvalue weighted by molar-refractivity contribution is 7.15. The van der Waals surface area contributed by atoms with Gasteiger partial charge in [0.1, 0.15) is 6.33 Å². The van der Waals surface area contributed by atoms with E-state index in [-0.39, 0.29) is 5.56 Å². The van der Waals surface area contributed by atoms with Crippen LogP contribution in [0.2, 0.25) is 0 Å². The average molecular weight is 272 g/mol. The summed E-state index contributed by atoms with van der Waals surface area (Å²) in [6.45, 7) is 0. The predicted octanol–water partition coefficient (Wildman–Crippen LogP) is 0.765. The number of thiazole rings is 1. The summed E-state index contributed by atoms with van der Waals surface area (Å²) < 4.78 is 2.13. The van der Waals surface area contributed by atoms with Crippen molar-refractivity contribution >= 4 is 28.1 Å². The zero-order chi connectivity index (χ0) is 13.4. The highest BCUT2D eigenvalue weighted by Gasteiger charge is 2.04. The van der Waals surface area contributed by atoms with Crippen molar-refractivity contribution in [2.24, 2.45) is 0 Å². The Morgan fingerprint density at radius 3 is 2.63 bits per heavy atom. The summed E-state index contributed by atoms with van der Waals surface area (Å²) in [6, 6.07) is 8.04. The van der Waals surface area contributed by atoms with Gasteiger partial charge in [-0.25, -0.2) is 4.40 Å². The van der Waals surface area contributed by atoms with Gasteiger partial charge in [-0.1, -0.05) is 23.5 Å². The van der Waals surface area contributed by atoms with E-state index in [1.807, 2.05) is 49.3 Å². The Bertz CT molecular complexity index is 817. The molecular weight excluding hydrogens is 260 g/mol. The van der Waals surface area contributed by atoms with E-state index in [1.54, 1.807) is 0 Å². The van der Waals surface area contributed by atoms with Crippen LogP contribution in [0.1, 0.15) is 5.56 Å². The van der Waals surface area contributed by atoms with Gasteiger partial charge in [-0.3, -0.25) is 4.79 Å². The molecule has 96 valence electrons. The number of hydrogen-bond donors (Lipinski definition) is 0. The van der Waals surface area contributed by atoms with Gasteiger partial charge >= 0.3 is 0 Å². The van der Waals surface area contributed by atoms with Crippen LogP contribution in [-0.4, -0.2) is 28.7 Å². The molecule has 1 aromatic carbocycles. The fraction of sp³-hybridized carbons (Fsp3) is 0.154. The molecule has 19 heavy (non-hydrogen) atoms. The first-order valence-electron chi connectivity index (χ1n) is 5.77. The van der Waals surface area contributed by atoms with Crippen LogP contribution >= 0.6 is 11.3 Å². The molecule has 0 amide bonds. The molecule has 0 radical (unpaired) electrons. The summed E-state index contributed by atoms with van der Waals surface area (Å²) in [5.41, 5.74) is 2.06. The molecule has 2 aromatic heterocycles. The van der Waals surface area contributed by atoms with Crippen molar-refractivity contribution in [1.82, 2.24) is 14.6 Å². The summed E-state index contributed by atoms with van der Waals surface area (Å²) in [5, 5.41) is 7.59. The molecule has 0 fully saturated rings. The minimum Gasteiger partial charge on any atom is -0.378 e. The van der Waals surface area contributed by atoms with Gasteiger partial charge in [-0.2, -0.15) is 0 Å². The minimum absolute atomic E-state index is 0.0679. The van der Waals surface area contributed by atoms with E-state index < -0.39 is 0 Å². The zero-order valence-electron chi connectivity index (χ0n) is 10.6. The molecule has 0 bridgehead atoms. The molecule has 0 saturated carbocycles. The van der Waals surface area contributed by atoms with Gasteiger partial charge in [-0.05, 0) is 23.8 Å². The number of anilines is 1. The van der Waals surface area contributed by atoms with Crippen LogP contribution in [-0.2, 0) is 0 Å². The summed E-state index contributed by atoms with van der Waals surface area (Å²) in [4.78, 5) is 14.7. The van der Waals surface area contributed by atoms with Gasteiger partial charge in [0.15, 0.2) is 0 Å². The minimum atomic E-state index is -0.0679. The van der Waals surface area contributed by atoms with E-state index in [1.165, 1.54) is 22.1 Å². The smallest absolute Gasteiger partial charge is 0.275 e. The van der Waals surface area contributed by atoms with Crippen LogP contribution < -0.4 is 15.0 Å². The maximum atomic E-state index is 12.0. The quantitative estimate of drug-likeness (QED) is 0.691. The molecule has 0 aliphatic carbocycles. The summed E-state index contributed by atoms with van der Waals surface area (Å²) in [5.74, 6) is 0. The Morgan fingerprint density at radius 2 is 2.00 bits per heavy atom. The highest BCUT2D eigenvalue weighted by atomic mass is 32.1. The van der Waals surface area contributed by atoms with E-state index in [2.05, 4.69) is 10.2 Å². The lowest BCUT2D eigenvalue weighted by atomic mass is 10.2. The van der Waals surface area contributed by atoms with Crippen LogP contribution in [0.5, 0.6) is 0 Å². The molecule has 0 saturated heterocycles. The van der Waals surface area contributed by atoms with Crippen molar-refractivity contribution in [3.8, 4) is 0 Å². The topological polar surface area (TPSA) is 50.5 Å². The Kier molecular flexibility index (Phi) is 2.79. The molecule has 0 aliphatic rings. The van der Waals surface area contributed by atoms with Gasteiger partial charge < -0.3 is 4.90 Å². The van der Waals surface area contributed by atoms with Crippen molar-refractivity contribution < 1.29 is 0 Å². The standard InChI is InChI=1S/C13H12N4OS/c1-16(2)10-5-3-9(4-6-10)7-11-12(18)17-8-14-15-13(17)19-11/h3-8H,1-2H3/b11-7+. The molecule has 0 N–H and O–H groups in total. The highest BCUT2D eigenvalue weighted by Crippen LogP contribution is 2.12. The molecule has 2 heterocycles. The lowest BCUT2D eigenvalue weighted by molar-refractivity contribution is 1.08. The number of fused-ring (bicyclic) bond motifs is 1. The average Bonchev–Trinajstić information content (AvgIpc) is 2.95. The first-order valence-corrected chi connectivity index (χ1v) is 6.58. The molecule has 3 rings (SSSR count). The third kappa shape index (κ3) is 2.10. The van der Waals surface area contributed by atoms with Crippen molar-refractivity contribution in [2.45, 2.75) is 0 Å². The maximum absolute atomic E-state index is 12.0. The zero-order valence-corrected chi connectivity index (χ0v) is 11.4. The number of rotatable bonds is 2. The normalized spacial score (nSPS) is 12.2. The maximum Gasteiger partial charge on any atom is 0.275 e. The summed E-state index contributed by atoms with van der Waals surface area (Å²) in [6.07, 6.45) is 3.32. The van der Waals surface area contributed by atoms with Gasteiger partial charge in [0.2, 0.25) is 4.96 Å². The fourth-order valence-corrected chi connectivity index (χ4v) is 2.70. The van der Waals surface area contributed by atoms with Crippen LogP contribution in [0.4, 0.5) is 5.69 Å². The van der Waals surface area contributed by atoms with E-state index in [9.17, 15) is 4.79 Å². The van der Waals surface area contributed by atoms with Crippen molar-refractivity contribution in [1.29, 1.82) is 0 Å². The lowest BCUT2D eigenvalue weighted by Gasteiger charge is -2.11. The van der Waals surface area contributed by atoms with Crippen molar-refractivity contribution in [3.05, 3.63) is 51.0 Å². The summed E-state index contributed by atoms with van der Waals surface area (Å²) >= 11 is 1.35. The Labute approximate surface area is 113 Å². The number of benzene rings is 1. The van der Waals surface area contributed by atoms with Gasteiger partial charge in [0.25, 0.3) is 5.56 Å². The van der Waals surface area contributed by atoms with Crippen LogP contribution in [0.25, 0.3) is 11.0 Å². The second kappa shape index (κ2) is 4.47. The third-order valence-electron chi connectivity index (χ3n) is 2.85. The Morgan fingerprint density at radius 1 is 1.26 bits per heavy atom. The van der Waals surface area contributed by atoms with Crippen molar-refractivity contribution in [2.75, 3.05) is 19.0 Å². The number of hydrogen-bond acceptors (Lipinski definition) is 5. The first-order chi connectivity index (χ1) is 9.15. The number of aromatic nitrogens is 3. The molecule has 0 spiro atoms. The van der Waals surface area contributed by atoms with Crippen LogP contribution in [0, 0.1) is 0 Å². The van der Waals surface area contributed by atoms with Gasteiger partial charge in [0.05, 0.1) is 4.53 Å². The monoisotopic (exact) mass is 272 g/mol. The SMILES string of the molecule is CN(C)c1ccc(/C=c2/sc3nncn3c2=O)cc1. The predicted molar refractivity (Wildman–Crippen MR) is 76.7 cm³/mol.